The maximum absolute atomic E-state index is 2.42. The van der Waals surface area contributed by atoms with Crippen LogP contribution >= 0.6 is 0 Å². The van der Waals surface area contributed by atoms with Crippen LogP contribution in [0, 0.1) is 20.8 Å². The number of anilines is 6. The second-order valence-corrected chi connectivity index (χ2v) is 16.7. The Morgan fingerprint density at radius 3 is 1.02 bits per heavy atom. The molecule has 0 atom stereocenters. The first-order valence-corrected chi connectivity index (χ1v) is 21.5. The Kier molecular flexibility index (Phi) is 9.99. The van der Waals surface area contributed by atoms with E-state index < -0.39 is 0 Å². The van der Waals surface area contributed by atoms with Crippen LogP contribution in [0.15, 0.2) is 188 Å². The summed E-state index contributed by atoms with van der Waals surface area (Å²) in [5.41, 5.74) is 23.2. The fraction of sp³-hybridized carbons (Fsp3) is 0.138. The van der Waals surface area contributed by atoms with E-state index in [2.05, 4.69) is 219 Å². The summed E-state index contributed by atoms with van der Waals surface area (Å²) in [6, 6.07) is 67.9. The molecular weight excluding hydrogens is 725 g/mol. The van der Waals surface area contributed by atoms with Crippen molar-refractivity contribution in [3.8, 4) is 44.5 Å². The molecule has 2 heteroatoms. The number of allylic oxidation sites excluding steroid dienone is 1. The summed E-state index contributed by atoms with van der Waals surface area (Å²) in [4.78, 5) is 4.79. The van der Waals surface area contributed by atoms with Gasteiger partial charge >= 0.3 is 0 Å². The molecule has 0 amide bonds. The molecular formula is C58H50N2. The van der Waals surface area contributed by atoms with Crippen molar-refractivity contribution in [3.63, 3.8) is 0 Å². The van der Waals surface area contributed by atoms with E-state index in [4.69, 9.17) is 0 Å². The average Bonchev–Trinajstić information content (AvgIpc) is 3.29. The zero-order valence-electron chi connectivity index (χ0n) is 34.8. The van der Waals surface area contributed by atoms with Crippen molar-refractivity contribution >= 4 is 40.2 Å². The number of hydrogen-bond acceptors (Lipinski definition) is 2. The van der Waals surface area contributed by atoms with Crippen molar-refractivity contribution in [2.45, 2.75) is 52.9 Å². The molecule has 0 heterocycles. The van der Waals surface area contributed by atoms with Crippen LogP contribution in [-0.2, 0) is 0 Å². The molecule has 0 saturated heterocycles. The van der Waals surface area contributed by atoms with Gasteiger partial charge in [0.1, 0.15) is 0 Å². The van der Waals surface area contributed by atoms with Crippen molar-refractivity contribution in [2.75, 3.05) is 9.80 Å². The lowest BCUT2D eigenvalue weighted by Gasteiger charge is -2.30. The summed E-state index contributed by atoms with van der Waals surface area (Å²) >= 11 is 0. The summed E-state index contributed by atoms with van der Waals surface area (Å²) in [6.45, 7) is 6.45. The van der Waals surface area contributed by atoms with Crippen molar-refractivity contribution in [1.82, 2.24) is 0 Å². The molecule has 0 radical (unpaired) electrons. The van der Waals surface area contributed by atoms with Crippen LogP contribution in [0.25, 0.3) is 50.6 Å². The van der Waals surface area contributed by atoms with Gasteiger partial charge in [0, 0.05) is 34.1 Å². The number of rotatable bonds is 7. The van der Waals surface area contributed by atoms with E-state index in [1.54, 1.807) is 5.57 Å². The first-order valence-electron chi connectivity index (χ1n) is 21.5. The number of nitrogens with zero attached hydrogens (tertiary/aromatic N) is 2. The minimum Gasteiger partial charge on any atom is -0.310 e. The normalized spacial score (nSPS) is 12.9. The zero-order valence-corrected chi connectivity index (χ0v) is 34.8. The van der Waals surface area contributed by atoms with Gasteiger partial charge in [-0.25, -0.2) is 0 Å². The highest BCUT2D eigenvalue weighted by Crippen LogP contribution is 2.51. The molecule has 2 aliphatic carbocycles. The van der Waals surface area contributed by atoms with E-state index in [1.807, 2.05) is 0 Å². The molecule has 8 aromatic rings. The molecule has 8 aromatic carbocycles. The Morgan fingerprint density at radius 2 is 0.633 bits per heavy atom. The van der Waals surface area contributed by atoms with Gasteiger partial charge in [0.25, 0.3) is 0 Å². The molecule has 1 fully saturated rings. The van der Waals surface area contributed by atoms with Crippen LogP contribution < -0.4 is 9.80 Å². The molecule has 2 aliphatic rings. The highest BCUT2D eigenvalue weighted by molar-refractivity contribution is 6.05. The second-order valence-electron chi connectivity index (χ2n) is 16.7. The number of benzene rings is 8. The quantitative estimate of drug-likeness (QED) is 0.159. The summed E-state index contributed by atoms with van der Waals surface area (Å²) in [5.74, 6) is 0. The summed E-state index contributed by atoms with van der Waals surface area (Å²) < 4.78 is 0. The minimum absolute atomic E-state index is 1.12. The Labute approximate surface area is 355 Å². The van der Waals surface area contributed by atoms with Crippen LogP contribution in [0.5, 0.6) is 0 Å². The lowest BCUT2D eigenvalue weighted by Crippen LogP contribution is -2.11. The van der Waals surface area contributed by atoms with Crippen molar-refractivity contribution < 1.29 is 0 Å². The largest absolute Gasteiger partial charge is 0.310 e. The van der Waals surface area contributed by atoms with Crippen LogP contribution in [0.1, 0.15) is 54.4 Å². The Bertz CT molecular complexity index is 2790. The number of aryl methyl sites for hydroxylation is 3. The Hall–Kier alpha value is -6.90. The maximum Gasteiger partial charge on any atom is 0.0468 e. The summed E-state index contributed by atoms with van der Waals surface area (Å²) in [7, 11) is 0. The van der Waals surface area contributed by atoms with E-state index in [-0.39, 0.29) is 0 Å². The molecule has 2 nitrogen and oxygen atoms in total. The molecule has 10 rings (SSSR count). The third-order valence-corrected chi connectivity index (χ3v) is 12.4. The van der Waals surface area contributed by atoms with Gasteiger partial charge in [0.15, 0.2) is 0 Å². The molecule has 60 heavy (non-hydrogen) atoms. The van der Waals surface area contributed by atoms with Gasteiger partial charge in [0.2, 0.25) is 0 Å². The highest BCUT2D eigenvalue weighted by Gasteiger charge is 2.25. The lowest BCUT2D eigenvalue weighted by molar-refractivity contribution is 0.602. The Balaban J connectivity index is 1.13. The van der Waals surface area contributed by atoms with Crippen molar-refractivity contribution in [2.24, 2.45) is 0 Å². The van der Waals surface area contributed by atoms with Crippen molar-refractivity contribution in [1.29, 1.82) is 0 Å². The molecule has 1 saturated carbocycles. The predicted octanol–water partition coefficient (Wildman–Crippen LogP) is 16.9. The molecule has 0 bridgehead atoms. The smallest absolute Gasteiger partial charge is 0.0468 e. The predicted molar refractivity (Wildman–Crippen MR) is 256 cm³/mol. The van der Waals surface area contributed by atoms with Gasteiger partial charge in [-0.2, -0.15) is 0 Å². The SMILES string of the molecule is Cc1ccc(N(c2ccc(C)cc2)c2ccc3c(c2)-c2ccccc2-c2ccc(N(c4ccc(C)cc4)c4ccc(C=C5CCCCC5)cc4)cc2-c2ccccc2-3)cc1. The van der Waals surface area contributed by atoms with E-state index >= 15 is 0 Å². The molecule has 0 unspecified atom stereocenters. The zero-order chi connectivity index (χ0) is 40.6. The number of fused-ring (bicyclic) bond motifs is 8. The van der Waals surface area contributed by atoms with Gasteiger partial charge in [-0.05, 0) is 169 Å². The van der Waals surface area contributed by atoms with Gasteiger partial charge in [-0.1, -0.05) is 144 Å². The highest BCUT2D eigenvalue weighted by atomic mass is 15.1. The lowest BCUT2D eigenvalue weighted by atomic mass is 9.80. The first-order chi connectivity index (χ1) is 29.5. The summed E-state index contributed by atoms with van der Waals surface area (Å²) in [6.07, 6.45) is 8.84. The Morgan fingerprint density at radius 1 is 0.317 bits per heavy atom. The monoisotopic (exact) mass is 774 g/mol. The van der Waals surface area contributed by atoms with Gasteiger partial charge in [-0.3, -0.25) is 0 Å². The van der Waals surface area contributed by atoms with Crippen molar-refractivity contribution in [3.05, 3.63) is 210 Å². The minimum atomic E-state index is 1.12. The molecule has 0 spiro atoms. The van der Waals surface area contributed by atoms with Gasteiger partial charge < -0.3 is 9.80 Å². The standard InChI is InChI=1S/C58H50N2/c1-40-17-25-45(26-18-40)59(46-27-19-41(2)20-28-46)49-33-35-55-52-14-8-10-16-54(52)58-39-50(34-36-56(58)51-13-7-9-15-53(51)57(55)38-49)60(47-29-21-42(3)22-30-47)48-31-23-44(24-32-48)37-43-11-5-4-6-12-43/h7-10,13-39H,4-6,11-12H2,1-3H3. The van der Waals surface area contributed by atoms with E-state index in [1.165, 1.54) is 98.9 Å². The molecule has 0 aromatic heterocycles. The molecule has 0 N–H and O–H groups in total. The second kappa shape index (κ2) is 16.0. The van der Waals surface area contributed by atoms with Crippen LogP contribution in [0.4, 0.5) is 34.1 Å². The third kappa shape index (κ3) is 7.24. The van der Waals surface area contributed by atoms with Crippen LogP contribution in [0.3, 0.4) is 0 Å². The van der Waals surface area contributed by atoms with Gasteiger partial charge in [-0.15, -0.1) is 0 Å². The fourth-order valence-corrected chi connectivity index (χ4v) is 9.25. The van der Waals surface area contributed by atoms with E-state index in [0.29, 0.717) is 0 Å². The third-order valence-electron chi connectivity index (χ3n) is 12.4. The first kappa shape index (κ1) is 37.4. The number of hydrogen-bond donors (Lipinski definition) is 0. The van der Waals surface area contributed by atoms with Gasteiger partial charge in [0.05, 0.1) is 0 Å². The van der Waals surface area contributed by atoms with Crippen LogP contribution in [-0.4, -0.2) is 0 Å². The average molecular weight is 775 g/mol. The maximum atomic E-state index is 2.42. The summed E-state index contributed by atoms with van der Waals surface area (Å²) in [5, 5.41) is 0. The fourth-order valence-electron chi connectivity index (χ4n) is 9.25. The molecule has 0 aliphatic heterocycles. The molecule has 292 valence electrons. The van der Waals surface area contributed by atoms with E-state index in [9.17, 15) is 0 Å². The topological polar surface area (TPSA) is 6.48 Å². The van der Waals surface area contributed by atoms with E-state index in [0.717, 1.165) is 34.1 Å². The van der Waals surface area contributed by atoms with Crippen LogP contribution in [0.2, 0.25) is 0 Å².